The van der Waals surface area contributed by atoms with Crippen LogP contribution in [0, 0.1) is 5.92 Å². The van der Waals surface area contributed by atoms with Crippen LogP contribution in [0.5, 0.6) is 11.5 Å². The van der Waals surface area contributed by atoms with Crippen molar-refractivity contribution < 1.29 is 24.2 Å². The first-order valence-electron chi connectivity index (χ1n) is 17.4. The maximum absolute atomic E-state index is 12.6. The maximum Gasteiger partial charge on any atom is 0.220 e. The summed E-state index contributed by atoms with van der Waals surface area (Å²) in [6, 6.07) is 4.73. The van der Waals surface area contributed by atoms with Crippen molar-refractivity contribution in [1.29, 1.82) is 0 Å². The smallest absolute Gasteiger partial charge is 0.220 e. The van der Waals surface area contributed by atoms with Crippen molar-refractivity contribution in [2.75, 3.05) is 33.9 Å². The van der Waals surface area contributed by atoms with Crippen LogP contribution >= 0.6 is 0 Å². The summed E-state index contributed by atoms with van der Waals surface area (Å²) >= 11 is 0. The van der Waals surface area contributed by atoms with Crippen molar-refractivity contribution in [1.82, 2.24) is 10.2 Å². The number of Topliss-reactive ketones (excluding diaryl/α,β-unsaturated/α-hetero) is 1. The van der Waals surface area contributed by atoms with E-state index in [4.69, 9.17) is 14.6 Å². The lowest BCUT2D eigenvalue weighted by atomic mass is 9.52. The van der Waals surface area contributed by atoms with Crippen LogP contribution in [0.1, 0.15) is 127 Å². The largest absolute Gasteiger partial charge is 0.493 e. The fourth-order valence-corrected chi connectivity index (χ4v) is 8.26. The first kappa shape index (κ1) is 33.8. The Morgan fingerprint density at radius 3 is 2.33 bits per heavy atom. The Morgan fingerprint density at radius 2 is 1.70 bits per heavy atom. The molecule has 0 radical (unpaired) electrons. The molecule has 1 spiro atoms. The number of nitrogens with zero attached hydrogens (tertiary/aromatic N) is 1. The second-order valence-corrected chi connectivity index (χ2v) is 13.3. The molecule has 1 aromatic rings. The van der Waals surface area contributed by atoms with Crippen molar-refractivity contribution in [3.8, 4) is 11.5 Å². The predicted molar refractivity (Wildman–Crippen MR) is 172 cm³/mol. The van der Waals surface area contributed by atoms with Gasteiger partial charge in [-0.3, -0.25) is 9.59 Å². The Bertz CT molecular complexity index is 1040. The summed E-state index contributed by atoms with van der Waals surface area (Å²) in [5.41, 5.74) is 2.57. The Morgan fingerprint density at radius 1 is 1.05 bits per heavy atom. The van der Waals surface area contributed by atoms with Crippen molar-refractivity contribution in [2.24, 2.45) is 5.92 Å². The molecule has 1 saturated heterocycles. The second-order valence-electron chi connectivity index (χ2n) is 13.3. The van der Waals surface area contributed by atoms with E-state index in [-0.39, 0.29) is 29.8 Å². The summed E-state index contributed by atoms with van der Waals surface area (Å²) in [4.78, 5) is 26.4. The number of hydrogen-bond acceptors (Lipinski definition) is 6. The van der Waals surface area contributed by atoms with E-state index in [0.717, 1.165) is 50.1 Å². The van der Waals surface area contributed by atoms with E-state index >= 15 is 0 Å². The monoisotopic (exact) mass is 598 g/mol. The van der Waals surface area contributed by atoms with E-state index in [1.807, 2.05) is 6.07 Å². The molecule has 4 atom stereocenters. The highest BCUT2D eigenvalue weighted by atomic mass is 16.5. The standard InChI is InChI=1S/C18H21NO3.C18H37NO2/c1-19-8-7-18-11-4-5-13(20)17(18)22-16-14(21-2)6-3-10(15(16)18)9-12(11)19;1-2-3-4-5-6-7-8-9-10-11-12-13-14-15-18(21)19-16-17-20/h3,6,11-12,17H,4-5,7-9H2,1-2H3;20H,2-17H2,1H3,(H,19,21)/t11-,12+,17-,18-;/m0./s1. The average Bonchev–Trinajstić information content (AvgIpc) is 3.37. The van der Waals surface area contributed by atoms with E-state index in [9.17, 15) is 9.59 Å². The van der Waals surface area contributed by atoms with Gasteiger partial charge in [-0.1, -0.05) is 90.0 Å². The molecule has 2 fully saturated rings. The molecule has 242 valence electrons. The third-order valence-electron chi connectivity index (χ3n) is 10.5. The minimum absolute atomic E-state index is 0.0321. The predicted octanol–water partition coefficient (Wildman–Crippen LogP) is 6.51. The van der Waals surface area contributed by atoms with Crippen LogP contribution in [0.2, 0.25) is 0 Å². The highest BCUT2D eigenvalue weighted by Crippen LogP contribution is 2.63. The quantitative estimate of drug-likeness (QED) is 0.199. The van der Waals surface area contributed by atoms with E-state index in [2.05, 4.69) is 30.3 Å². The van der Waals surface area contributed by atoms with Gasteiger partial charge in [0.2, 0.25) is 5.91 Å². The van der Waals surface area contributed by atoms with Gasteiger partial charge in [0.25, 0.3) is 0 Å². The third-order valence-corrected chi connectivity index (χ3v) is 10.5. The molecule has 1 amide bonds. The lowest BCUT2D eigenvalue weighted by Crippen LogP contribution is -2.65. The van der Waals surface area contributed by atoms with Gasteiger partial charge in [0.05, 0.1) is 13.7 Å². The van der Waals surface area contributed by atoms with Crippen LogP contribution in [-0.4, -0.2) is 67.7 Å². The Balaban J connectivity index is 0.000000198. The number of hydrogen-bond donors (Lipinski definition) is 2. The van der Waals surface area contributed by atoms with Gasteiger partial charge in [0.15, 0.2) is 23.4 Å². The van der Waals surface area contributed by atoms with E-state index in [0.29, 0.717) is 31.3 Å². The van der Waals surface area contributed by atoms with Crippen molar-refractivity contribution in [3.05, 3.63) is 23.3 Å². The van der Waals surface area contributed by atoms with Gasteiger partial charge in [0, 0.05) is 36.4 Å². The number of piperidine rings is 1. The molecular weight excluding hydrogens is 540 g/mol. The Kier molecular flexibility index (Phi) is 13.2. The molecule has 2 bridgehead atoms. The third kappa shape index (κ3) is 7.94. The number of ketones is 1. The lowest BCUT2D eigenvalue weighted by molar-refractivity contribution is -0.138. The van der Waals surface area contributed by atoms with Crippen molar-refractivity contribution in [2.45, 2.75) is 140 Å². The molecular formula is C36H58N2O5. The number of rotatable bonds is 17. The molecule has 2 heterocycles. The Hall–Kier alpha value is -2.12. The van der Waals surface area contributed by atoms with Gasteiger partial charge in [0.1, 0.15) is 0 Å². The van der Waals surface area contributed by atoms with E-state index in [1.54, 1.807) is 7.11 Å². The zero-order valence-corrected chi connectivity index (χ0v) is 27.3. The number of likely N-dealkylation sites (tertiary alicyclic amines) is 1. The van der Waals surface area contributed by atoms with Crippen LogP contribution in [0.15, 0.2) is 12.1 Å². The Labute approximate surface area is 260 Å². The van der Waals surface area contributed by atoms with Gasteiger partial charge < -0.3 is 24.8 Å². The zero-order chi connectivity index (χ0) is 30.7. The molecule has 7 heteroatoms. The van der Waals surface area contributed by atoms with Crippen molar-refractivity contribution >= 4 is 11.7 Å². The highest BCUT2D eigenvalue weighted by Gasteiger charge is 2.65. The van der Waals surface area contributed by atoms with Gasteiger partial charge >= 0.3 is 0 Å². The number of aliphatic hydroxyl groups is 1. The molecule has 2 aliphatic carbocycles. The number of benzene rings is 1. The number of carbonyl (C=O) groups is 2. The van der Waals surface area contributed by atoms with Crippen LogP contribution in [0.3, 0.4) is 0 Å². The van der Waals surface area contributed by atoms with Gasteiger partial charge in [-0.25, -0.2) is 0 Å². The minimum atomic E-state index is -0.284. The lowest BCUT2D eigenvalue weighted by Gasteiger charge is -2.57. The van der Waals surface area contributed by atoms with Crippen LogP contribution in [-0.2, 0) is 21.4 Å². The molecule has 1 saturated carbocycles. The highest BCUT2D eigenvalue weighted by molar-refractivity contribution is 5.89. The fourth-order valence-electron chi connectivity index (χ4n) is 8.26. The SMILES string of the molecule is CCCCCCCCCCCCCCCC(=O)NCCO.COc1ccc2c3c1O[C@H]1C(=O)CC[C@H]4[C@@H](C2)N(C)CC[C@]314. The van der Waals surface area contributed by atoms with E-state index in [1.165, 1.54) is 81.8 Å². The summed E-state index contributed by atoms with van der Waals surface area (Å²) in [6.45, 7) is 3.73. The molecule has 2 N–H and O–H groups in total. The van der Waals surface area contributed by atoms with Gasteiger partial charge in [-0.15, -0.1) is 0 Å². The number of ether oxygens (including phenoxy) is 2. The molecule has 7 nitrogen and oxygen atoms in total. The number of aliphatic hydroxyl groups excluding tert-OH is 1. The van der Waals surface area contributed by atoms with Crippen LogP contribution < -0.4 is 14.8 Å². The number of amides is 1. The minimum Gasteiger partial charge on any atom is -0.493 e. The first-order chi connectivity index (χ1) is 21.0. The topological polar surface area (TPSA) is 88.1 Å². The summed E-state index contributed by atoms with van der Waals surface area (Å²) in [5, 5.41) is 11.3. The summed E-state index contributed by atoms with van der Waals surface area (Å²) in [7, 11) is 3.91. The molecule has 4 aliphatic rings. The molecule has 43 heavy (non-hydrogen) atoms. The molecule has 1 aromatic carbocycles. The summed E-state index contributed by atoms with van der Waals surface area (Å²) < 4.78 is 11.8. The average molecular weight is 599 g/mol. The van der Waals surface area contributed by atoms with Gasteiger partial charge in [-0.2, -0.15) is 0 Å². The van der Waals surface area contributed by atoms with Crippen LogP contribution in [0.25, 0.3) is 0 Å². The molecule has 0 aromatic heterocycles. The maximum atomic E-state index is 12.6. The number of nitrogens with one attached hydrogen (secondary N) is 1. The first-order valence-corrected chi connectivity index (χ1v) is 17.4. The number of methoxy groups -OCH3 is 1. The zero-order valence-electron chi connectivity index (χ0n) is 27.3. The number of likely N-dealkylation sites (N-methyl/N-ethyl adjacent to an activating group) is 1. The van der Waals surface area contributed by atoms with Crippen LogP contribution in [0.4, 0.5) is 0 Å². The molecule has 2 aliphatic heterocycles. The fraction of sp³-hybridized carbons (Fsp3) is 0.778. The number of unbranched alkanes of at least 4 members (excludes halogenated alkanes) is 12. The normalized spacial score (nSPS) is 24.9. The number of carbonyl (C=O) groups excluding carboxylic acids is 2. The molecule has 0 unspecified atom stereocenters. The summed E-state index contributed by atoms with van der Waals surface area (Å²) in [6.07, 6.45) is 21.3. The summed E-state index contributed by atoms with van der Waals surface area (Å²) in [5.74, 6) is 2.53. The van der Waals surface area contributed by atoms with Gasteiger partial charge in [-0.05, 0) is 56.8 Å². The van der Waals surface area contributed by atoms with E-state index < -0.39 is 0 Å². The molecule has 5 rings (SSSR count). The van der Waals surface area contributed by atoms with Crippen molar-refractivity contribution in [3.63, 3.8) is 0 Å². The second kappa shape index (κ2) is 16.8.